The Morgan fingerprint density at radius 2 is 2.39 bits per heavy atom. The van der Waals surface area contributed by atoms with E-state index in [-0.39, 0.29) is 0 Å². The fraction of sp³-hybridized carbons (Fsp3) is 0.615. The normalized spacial score (nSPS) is 20.9. The van der Waals surface area contributed by atoms with Crippen LogP contribution >= 0.6 is 11.6 Å². The SMILES string of the molecule is CN1CCCCC1COc1nccc(CN)c1Cl. The number of halogens is 1. The van der Waals surface area contributed by atoms with E-state index in [2.05, 4.69) is 16.9 Å². The van der Waals surface area contributed by atoms with Crippen LogP contribution in [0, 0.1) is 0 Å². The lowest BCUT2D eigenvalue weighted by Crippen LogP contribution is -2.40. The van der Waals surface area contributed by atoms with Crippen LogP contribution in [0.15, 0.2) is 12.3 Å². The number of nitrogens with zero attached hydrogens (tertiary/aromatic N) is 2. The highest BCUT2D eigenvalue weighted by Crippen LogP contribution is 2.26. The maximum atomic E-state index is 6.18. The standard InChI is InChI=1S/C13H20ClN3O/c1-17-7-3-2-4-11(17)9-18-13-12(14)10(8-15)5-6-16-13/h5-6,11H,2-4,7-9,15H2,1H3. The first kappa shape index (κ1) is 13.6. The van der Waals surface area contributed by atoms with Gasteiger partial charge in [-0.1, -0.05) is 18.0 Å². The van der Waals surface area contributed by atoms with Crippen molar-refractivity contribution in [3.05, 3.63) is 22.8 Å². The molecule has 1 aliphatic heterocycles. The fourth-order valence-electron chi connectivity index (χ4n) is 2.25. The molecule has 1 aromatic heterocycles. The third kappa shape index (κ3) is 3.13. The van der Waals surface area contributed by atoms with Crippen LogP contribution in [-0.4, -0.2) is 36.1 Å². The Hall–Kier alpha value is -0.840. The Morgan fingerprint density at radius 1 is 1.56 bits per heavy atom. The van der Waals surface area contributed by atoms with Crippen molar-refractivity contribution in [1.29, 1.82) is 0 Å². The van der Waals surface area contributed by atoms with Crippen LogP contribution in [0.25, 0.3) is 0 Å². The Balaban J connectivity index is 1.97. The van der Waals surface area contributed by atoms with Gasteiger partial charge in [0.2, 0.25) is 5.88 Å². The van der Waals surface area contributed by atoms with Crippen LogP contribution in [0.4, 0.5) is 0 Å². The minimum absolute atomic E-state index is 0.404. The molecule has 1 saturated heterocycles. The van der Waals surface area contributed by atoms with Crippen LogP contribution < -0.4 is 10.5 Å². The summed E-state index contributed by atoms with van der Waals surface area (Å²) >= 11 is 6.18. The summed E-state index contributed by atoms with van der Waals surface area (Å²) < 4.78 is 5.75. The maximum absolute atomic E-state index is 6.18. The average Bonchev–Trinajstić information content (AvgIpc) is 2.39. The van der Waals surface area contributed by atoms with Gasteiger partial charge in [0.25, 0.3) is 0 Å². The van der Waals surface area contributed by atoms with Gasteiger partial charge in [-0.25, -0.2) is 4.98 Å². The molecule has 2 N–H and O–H groups in total. The molecule has 0 amide bonds. The first-order chi connectivity index (χ1) is 8.72. The van der Waals surface area contributed by atoms with E-state index in [1.165, 1.54) is 19.3 Å². The van der Waals surface area contributed by atoms with Crippen molar-refractivity contribution in [3.63, 3.8) is 0 Å². The summed E-state index contributed by atoms with van der Waals surface area (Å²) in [5.41, 5.74) is 6.48. The lowest BCUT2D eigenvalue weighted by molar-refractivity contribution is 0.122. The number of hydrogen-bond donors (Lipinski definition) is 1. The van der Waals surface area contributed by atoms with Gasteiger partial charge in [-0.15, -0.1) is 0 Å². The van der Waals surface area contributed by atoms with Crippen molar-refractivity contribution >= 4 is 11.6 Å². The van der Waals surface area contributed by atoms with E-state index >= 15 is 0 Å². The number of pyridine rings is 1. The van der Waals surface area contributed by atoms with Crippen molar-refractivity contribution in [2.75, 3.05) is 20.2 Å². The van der Waals surface area contributed by atoms with Gasteiger partial charge in [0.05, 0.1) is 0 Å². The van der Waals surface area contributed by atoms with E-state index in [1.807, 2.05) is 6.07 Å². The van der Waals surface area contributed by atoms with E-state index < -0.39 is 0 Å². The number of ether oxygens (including phenoxy) is 1. The van der Waals surface area contributed by atoms with Crippen LogP contribution in [0.5, 0.6) is 5.88 Å². The number of nitrogens with two attached hydrogens (primary N) is 1. The number of hydrogen-bond acceptors (Lipinski definition) is 4. The molecule has 5 heteroatoms. The zero-order valence-electron chi connectivity index (χ0n) is 10.7. The molecule has 2 rings (SSSR count). The molecule has 0 bridgehead atoms. The molecular weight excluding hydrogens is 250 g/mol. The summed E-state index contributed by atoms with van der Waals surface area (Å²) in [7, 11) is 2.14. The number of rotatable bonds is 4. The van der Waals surface area contributed by atoms with Gasteiger partial charge in [-0.3, -0.25) is 0 Å². The van der Waals surface area contributed by atoms with E-state index in [0.717, 1.165) is 12.1 Å². The minimum atomic E-state index is 0.404. The van der Waals surface area contributed by atoms with Crippen molar-refractivity contribution < 1.29 is 4.74 Å². The molecule has 1 atom stereocenters. The number of likely N-dealkylation sites (tertiary alicyclic amines) is 1. The third-order valence-electron chi connectivity index (χ3n) is 3.49. The summed E-state index contributed by atoms with van der Waals surface area (Å²) in [5, 5.41) is 0.540. The molecule has 1 aliphatic rings. The second-order valence-corrected chi connectivity index (χ2v) is 5.11. The summed E-state index contributed by atoms with van der Waals surface area (Å²) in [6.07, 6.45) is 5.40. The Morgan fingerprint density at radius 3 is 3.11 bits per heavy atom. The van der Waals surface area contributed by atoms with Gasteiger partial charge >= 0.3 is 0 Å². The summed E-state index contributed by atoms with van der Waals surface area (Å²) in [4.78, 5) is 6.51. The monoisotopic (exact) mass is 269 g/mol. The summed E-state index contributed by atoms with van der Waals surface area (Å²) in [6.45, 7) is 2.18. The van der Waals surface area contributed by atoms with Crippen molar-refractivity contribution in [2.45, 2.75) is 31.8 Å². The van der Waals surface area contributed by atoms with Gasteiger partial charge < -0.3 is 15.4 Å². The topological polar surface area (TPSA) is 51.4 Å². The molecule has 0 aromatic carbocycles. The lowest BCUT2D eigenvalue weighted by atomic mass is 10.0. The molecular formula is C13H20ClN3O. The van der Waals surface area contributed by atoms with Gasteiger partial charge in [0.1, 0.15) is 11.6 Å². The Bertz CT molecular complexity index is 400. The van der Waals surface area contributed by atoms with Crippen LogP contribution in [0.1, 0.15) is 24.8 Å². The highest BCUT2D eigenvalue weighted by molar-refractivity contribution is 6.32. The molecule has 0 saturated carbocycles. The molecule has 4 nitrogen and oxygen atoms in total. The van der Waals surface area contributed by atoms with Crippen LogP contribution in [-0.2, 0) is 6.54 Å². The Kier molecular flexibility index (Phi) is 4.80. The van der Waals surface area contributed by atoms with Crippen molar-refractivity contribution in [3.8, 4) is 5.88 Å². The Labute approximate surface area is 113 Å². The first-order valence-electron chi connectivity index (χ1n) is 6.39. The second kappa shape index (κ2) is 6.36. The quantitative estimate of drug-likeness (QED) is 0.909. The number of likely N-dealkylation sites (N-methyl/N-ethyl adjacent to an activating group) is 1. The van der Waals surface area contributed by atoms with Crippen molar-refractivity contribution in [2.24, 2.45) is 5.73 Å². The van der Waals surface area contributed by atoms with E-state index in [4.69, 9.17) is 22.1 Å². The molecule has 0 aliphatic carbocycles. The van der Waals surface area contributed by atoms with Crippen LogP contribution in [0.3, 0.4) is 0 Å². The molecule has 1 fully saturated rings. The molecule has 18 heavy (non-hydrogen) atoms. The molecule has 100 valence electrons. The van der Waals surface area contributed by atoms with Crippen molar-refractivity contribution in [1.82, 2.24) is 9.88 Å². The zero-order valence-corrected chi connectivity index (χ0v) is 11.5. The fourth-order valence-corrected chi connectivity index (χ4v) is 2.49. The molecule has 1 unspecified atom stereocenters. The van der Waals surface area contributed by atoms with Gasteiger partial charge in [0, 0.05) is 18.8 Å². The predicted octanol–water partition coefficient (Wildman–Crippen LogP) is 2.06. The minimum Gasteiger partial charge on any atom is -0.475 e. The highest BCUT2D eigenvalue weighted by Gasteiger charge is 2.20. The molecule has 1 aromatic rings. The predicted molar refractivity (Wildman–Crippen MR) is 72.9 cm³/mol. The number of aromatic nitrogens is 1. The third-order valence-corrected chi connectivity index (χ3v) is 3.90. The van der Waals surface area contributed by atoms with E-state index in [0.29, 0.717) is 30.1 Å². The first-order valence-corrected chi connectivity index (χ1v) is 6.76. The smallest absolute Gasteiger partial charge is 0.232 e. The highest BCUT2D eigenvalue weighted by atomic mass is 35.5. The molecule has 2 heterocycles. The second-order valence-electron chi connectivity index (χ2n) is 4.73. The van der Waals surface area contributed by atoms with Gasteiger partial charge in [-0.05, 0) is 38.1 Å². The zero-order chi connectivity index (χ0) is 13.0. The molecule has 0 spiro atoms. The van der Waals surface area contributed by atoms with Gasteiger partial charge in [0.15, 0.2) is 0 Å². The van der Waals surface area contributed by atoms with Crippen LogP contribution in [0.2, 0.25) is 5.02 Å². The lowest BCUT2D eigenvalue weighted by Gasteiger charge is -2.32. The number of piperidine rings is 1. The molecule has 0 radical (unpaired) electrons. The largest absolute Gasteiger partial charge is 0.475 e. The van der Waals surface area contributed by atoms with E-state index in [9.17, 15) is 0 Å². The maximum Gasteiger partial charge on any atom is 0.232 e. The summed E-state index contributed by atoms with van der Waals surface area (Å²) in [5.74, 6) is 0.499. The average molecular weight is 270 g/mol. The van der Waals surface area contributed by atoms with E-state index in [1.54, 1.807) is 6.20 Å². The van der Waals surface area contributed by atoms with Gasteiger partial charge in [-0.2, -0.15) is 0 Å². The summed E-state index contributed by atoms with van der Waals surface area (Å²) in [6, 6.07) is 2.28.